The Morgan fingerprint density at radius 2 is 1.65 bits per heavy atom. The molecule has 2 bridgehead atoms. The molecule has 0 atom stereocenters. The van der Waals surface area contributed by atoms with Gasteiger partial charge in [0.15, 0.2) is 0 Å². The monoisotopic (exact) mass is 276 g/mol. The van der Waals surface area contributed by atoms with Crippen molar-refractivity contribution in [2.45, 2.75) is 50.9 Å². The average molecular weight is 276 g/mol. The van der Waals surface area contributed by atoms with E-state index >= 15 is 0 Å². The first-order valence-electron chi connectivity index (χ1n) is 7.54. The molecule has 20 heavy (non-hydrogen) atoms. The van der Waals surface area contributed by atoms with Crippen LogP contribution < -0.4 is 0 Å². The fourth-order valence-corrected chi connectivity index (χ4v) is 4.01. The van der Waals surface area contributed by atoms with Gasteiger partial charge in [-0.1, -0.05) is 12.1 Å². The Morgan fingerprint density at radius 1 is 1.10 bits per heavy atom. The zero-order valence-electron chi connectivity index (χ0n) is 12.0. The number of halogens is 1. The highest BCUT2D eigenvalue weighted by Crippen LogP contribution is 2.58. The van der Waals surface area contributed by atoms with Crippen LogP contribution in [-0.4, -0.2) is 12.6 Å². The molecule has 1 aromatic carbocycles. The van der Waals surface area contributed by atoms with Crippen LogP contribution in [-0.2, 0) is 14.9 Å². The molecular formula is C17H21FO2. The fourth-order valence-electron chi connectivity index (χ4n) is 4.01. The quantitative estimate of drug-likeness (QED) is 0.780. The number of fused-ring (bicyclic) bond motifs is 3. The van der Waals surface area contributed by atoms with Crippen LogP contribution in [0.15, 0.2) is 24.3 Å². The minimum atomic E-state index is -0.238. The SMILES string of the molecule is CCOC(=O)C12CCC(c3ccc(F)cc3)(CC1)CC2. The van der Waals surface area contributed by atoms with E-state index < -0.39 is 0 Å². The van der Waals surface area contributed by atoms with Crippen molar-refractivity contribution in [3.63, 3.8) is 0 Å². The molecule has 0 aliphatic heterocycles. The number of carbonyl (C=O) groups excluding carboxylic acids is 1. The van der Waals surface area contributed by atoms with Crippen molar-refractivity contribution in [2.75, 3.05) is 6.61 Å². The van der Waals surface area contributed by atoms with Gasteiger partial charge in [-0.2, -0.15) is 0 Å². The summed E-state index contributed by atoms with van der Waals surface area (Å²) < 4.78 is 18.3. The molecule has 3 fully saturated rings. The Labute approximate surface area is 119 Å². The van der Waals surface area contributed by atoms with Gasteiger partial charge in [-0.15, -0.1) is 0 Å². The Hall–Kier alpha value is -1.38. The van der Waals surface area contributed by atoms with Crippen LogP contribution in [0.5, 0.6) is 0 Å². The summed E-state index contributed by atoms with van der Waals surface area (Å²) in [5.74, 6) is -0.190. The first kappa shape index (κ1) is 13.6. The van der Waals surface area contributed by atoms with E-state index in [0.29, 0.717) is 6.61 Å². The summed E-state index contributed by atoms with van der Waals surface area (Å²) in [5.41, 5.74) is 1.15. The molecule has 4 rings (SSSR count). The molecule has 0 spiro atoms. The predicted molar refractivity (Wildman–Crippen MR) is 74.8 cm³/mol. The molecule has 0 unspecified atom stereocenters. The Balaban J connectivity index is 1.80. The van der Waals surface area contributed by atoms with Gasteiger partial charge in [-0.25, -0.2) is 4.39 Å². The van der Waals surface area contributed by atoms with Crippen LogP contribution in [0.1, 0.15) is 51.0 Å². The number of esters is 1. The number of rotatable bonds is 3. The first-order valence-corrected chi connectivity index (χ1v) is 7.54. The number of carbonyl (C=O) groups is 1. The molecule has 3 saturated carbocycles. The van der Waals surface area contributed by atoms with E-state index in [1.807, 2.05) is 19.1 Å². The maximum Gasteiger partial charge on any atom is 0.312 e. The standard InChI is InChI=1S/C17H21FO2/c1-2-20-15(19)17-10-7-16(8-11-17,9-12-17)13-3-5-14(18)6-4-13/h3-6H,2,7-12H2,1H3. The van der Waals surface area contributed by atoms with Crippen LogP contribution in [0.3, 0.4) is 0 Å². The van der Waals surface area contributed by atoms with E-state index in [-0.39, 0.29) is 22.6 Å². The van der Waals surface area contributed by atoms with Crippen molar-refractivity contribution in [1.29, 1.82) is 0 Å². The molecule has 3 aliphatic rings. The second-order valence-electron chi connectivity index (χ2n) is 6.29. The van der Waals surface area contributed by atoms with Gasteiger partial charge in [0, 0.05) is 0 Å². The lowest BCUT2D eigenvalue weighted by Gasteiger charge is -2.52. The van der Waals surface area contributed by atoms with Gasteiger partial charge in [-0.3, -0.25) is 4.79 Å². The largest absolute Gasteiger partial charge is 0.466 e. The van der Waals surface area contributed by atoms with E-state index in [9.17, 15) is 9.18 Å². The first-order chi connectivity index (χ1) is 9.60. The van der Waals surface area contributed by atoms with E-state index in [1.54, 1.807) is 12.1 Å². The minimum absolute atomic E-state index is 0.00703. The summed E-state index contributed by atoms with van der Waals surface area (Å²) in [6.07, 6.45) is 5.75. The summed E-state index contributed by atoms with van der Waals surface area (Å²) in [4.78, 5) is 12.2. The lowest BCUT2D eigenvalue weighted by molar-refractivity contribution is -0.162. The van der Waals surface area contributed by atoms with E-state index in [0.717, 1.165) is 38.5 Å². The minimum Gasteiger partial charge on any atom is -0.466 e. The number of benzene rings is 1. The summed E-state index contributed by atoms with van der Waals surface area (Å²) in [5, 5.41) is 0. The molecule has 2 nitrogen and oxygen atoms in total. The third kappa shape index (κ3) is 2.04. The highest BCUT2D eigenvalue weighted by molar-refractivity contribution is 5.77. The van der Waals surface area contributed by atoms with Gasteiger partial charge in [0.1, 0.15) is 5.82 Å². The third-order valence-corrected chi connectivity index (χ3v) is 5.41. The predicted octanol–water partition coefficient (Wildman–Crippen LogP) is 3.98. The Bertz CT molecular complexity index is 482. The van der Waals surface area contributed by atoms with E-state index in [2.05, 4.69) is 0 Å². The second-order valence-corrected chi connectivity index (χ2v) is 6.29. The van der Waals surface area contributed by atoms with Crippen molar-refractivity contribution in [3.05, 3.63) is 35.6 Å². The van der Waals surface area contributed by atoms with Gasteiger partial charge >= 0.3 is 5.97 Å². The van der Waals surface area contributed by atoms with Gasteiger partial charge in [-0.05, 0) is 68.6 Å². The molecule has 0 radical (unpaired) electrons. The lowest BCUT2D eigenvalue weighted by atomic mass is 9.52. The average Bonchev–Trinajstić information content (AvgIpc) is 2.50. The molecule has 1 aromatic rings. The number of hydrogen-bond acceptors (Lipinski definition) is 2. The maximum atomic E-state index is 13.1. The zero-order valence-corrected chi connectivity index (χ0v) is 12.0. The smallest absolute Gasteiger partial charge is 0.312 e. The van der Waals surface area contributed by atoms with Crippen molar-refractivity contribution in [3.8, 4) is 0 Å². The fraction of sp³-hybridized carbons (Fsp3) is 0.588. The van der Waals surface area contributed by atoms with E-state index in [4.69, 9.17) is 4.74 Å². The molecule has 0 amide bonds. The topological polar surface area (TPSA) is 26.3 Å². The van der Waals surface area contributed by atoms with Gasteiger partial charge in [0.25, 0.3) is 0 Å². The van der Waals surface area contributed by atoms with Crippen LogP contribution in [0, 0.1) is 11.2 Å². The normalized spacial score (nSPS) is 32.1. The molecule has 3 aliphatic carbocycles. The lowest BCUT2D eigenvalue weighted by Crippen LogP contribution is -2.48. The van der Waals surface area contributed by atoms with Gasteiger partial charge in [0.2, 0.25) is 0 Å². The summed E-state index contributed by atoms with van der Waals surface area (Å²) in [7, 11) is 0. The van der Waals surface area contributed by atoms with Crippen molar-refractivity contribution in [1.82, 2.24) is 0 Å². The summed E-state index contributed by atoms with van der Waals surface area (Å²) in [6.45, 7) is 2.33. The number of ether oxygens (including phenoxy) is 1. The van der Waals surface area contributed by atoms with Gasteiger partial charge in [0.05, 0.1) is 12.0 Å². The molecule has 0 saturated heterocycles. The van der Waals surface area contributed by atoms with Crippen LogP contribution in [0.2, 0.25) is 0 Å². The Morgan fingerprint density at radius 3 is 2.15 bits per heavy atom. The molecule has 0 aromatic heterocycles. The van der Waals surface area contributed by atoms with Crippen molar-refractivity contribution in [2.24, 2.45) is 5.41 Å². The van der Waals surface area contributed by atoms with Crippen LogP contribution in [0.4, 0.5) is 4.39 Å². The molecular weight excluding hydrogens is 255 g/mol. The summed E-state index contributed by atoms with van der Waals surface area (Å²) in [6, 6.07) is 6.92. The van der Waals surface area contributed by atoms with E-state index in [1.165, 1.54) is 5.56 Å². The molecule has 0 heterocycles. The van der Waals surface area contributed by atoms with Gasteiger partial charge < -0.3 is 4.74 Å². The third-order valence-electron chi connectivity index (χ3n) is 5.41. The zero-order chi connectivity index (χ0) is 14.2. The summed E-state index contributed by atoms with van der Waals surface area (Å²) >= 11 is 0. The molecule has 108 valence electrons. The highest BCUT2D eigenvalue weighted by atomic mass is 19.1. The van der Waals surface area contributed by atoms with Crippen molar-refractivity contribution >= 4 is 5.97 Å². The number of hydrogen-bond donors (Lipinski definition) is 0. The second kappa shape index (κ2) is 4.87. The Kier molecular flexibility index (Phi) is 3.31. The van der Waals surface area contributed by atoms with Crippen LogP contribution in [0.25, 0.3) is 0 Å². The van der Waals surface area contributed by atoms with Crippen molar-refractivity contribution < 1.29 is 13.9 Å². The maximum absolute atomic E-state index is 13.1. The molecule has 3 heteroatoms. The highest BCUT2D eigenvalue weighted by Gasteiger charge is 2.53. The van der Waals surface area contributed by atoms with Crippen LogP contribution >= 0.6 is 0 Å². The molecule has 0 N–H and O–H groups in total.